The second-order valence-electron chi connectivity index (χ2n) is 4.84. The van der Waals surface area contributed by atoms with E-state index in [1.807, 2.05) is 43.3 Å². The molecule has 3 heteroatoms. The summed E-state index contributed by atoms with van der Waals surface area (Å²) in [5.74, 6) is 0. The van der Waals surface area contributed by atoms with Gasteiger partial charge in [-0.25, -0.2) is 0 Å². The van der Waals surface area contributed by atoms with Gasteiger partial charge in [0, 0.05) is 5.56 Å². The molecule has 0 radical (unpaired) electrons. The van der Waals surface area contributed by atoms with Crippen LogP contribution < -0.4 is 0 Å². The van der Waals surface area contributed by atoms with Gasteiger partial charge in [-0.05, 0) is 35.4 Å². The van der Waals surface area contributed by atoms with E-state index in [0.717, 1.165) is 22.8 Å². The molecule has 2 aromatic rings. The smallest absolute Gasteiger partial charge is 0.114 e. The number of benzene rings is 2. The molecule has 1 heterocycles. The summed E-state index contributed by atoms with van der Waals surface area (Å²) < 4.78 is 5.94. The maximum Gasteiger partial charge on any atom is 0.114 e. The monoisotopic (exact) mass is 253 g/mol. The van der Waals surface area contributed by atoms with Crippen LogP contribution in [0.15, 0.2) is 53.7 Å². The maximum absolute atomic E-state index is 11.1. The zero-order valence-electron chi connectivity index (χ0n) is 10.7. The van der Waals surface area contributed by atoms with Crippen molar-refractivity contribution in [2.45, 2.75) is 25.6 Å². The largest absolute Gasteiger partial charge is 0.366 e. The molecule has 19 heavy (non-hydrogen) atoms. The van der Waals surface area contributed by atoms with Gasteiger partial charge in [0.25, 0.3) is 0 Å². The number of hydrogen-bond acceptors (Lipinski definition) is 3. The van der Waals surface area contributed by atoms with E-state index in [2.05, 4.69) is 11.3 Å². The number of rotatable bonds is 2. The third-order valence-corrected chi connectivity index (χ3v) is 3.49. The normalized spacial score (nSPS) is 22.6. The van der Waals surface area contributed by atoms with Gasteiger partial charge in [0.15, 0.2) is 0 Å². The Balaban J connectivity index is 2.22. The fraction of sp³-hybridized carbons (Fsp3) is 0.250. The van der Waals surface area contributed by atoms with Gasteiger partial charge in [-0.2, -0.15) is 0 Å². The lowest BCUT2D eigenvalue weighted by Crippen LogP contribution is -2.15. The second-order valence-corrected chi connectivity index (χ2v) is 4.84. The van der Waals surface area contributed by atoms with Crippen LogP contribution in [0.2, 0.25) is 0 Å². The minimum atomic E-state index is -0.192. The van der Waals surface area contributed by atoms with Gasteiger partial charge in [0.2, 0.25) is 0 Å². The Labute approximate surface area is 111 Å². The fourth-order valence-corrected chi connectivity index (χ4v) is 2.57. The predicted octanol–water partition coefficient (Wildman–Crippen LogP) is 4.64. The van der Waals surface area contributed by atoms with Crippen LogP contribution in [0.5, 0.6) is 0 Å². The number of fused-ring (bicyclic) bond motifs is 1. The molecule has 2 atom stereocenters. The van der Waals surface area contributed by atoms with Crippen LogP contribution in [0.4, 0.5) is 5.69 Å². The Morgan fingerprint density at radius 2 is 2.05 bits per heavy atom. The zero-order chi connectivity index (χ0) is 13.2. The highest BCUT2D eigenvalue weighted by Gasteiger charge is 2.21. The Morgan fingerprint density at radius 3 is 2.84 bits per heavy atom. The molecule has 0 saturated carbocycles. The van der Waals surface area contributed by atoms with Crippen molar-refractivity contribution in [3.63, 3.8) is 0 Å². The van der Waals surface area contributed by atoms with E-state index in [1.165, 1.54) is 0 Å². The predicted molar refractivity (Wildman–Crippen MR) is 76.4 cm³/mol. The first kappa shape index (κ1) is 12.1. The van der Waals surface area contributed by atoms with E-state index in [4.69, 9.17) is 4.74 Å². The summed E-state index contributed by atoms with van der Waals surface area (Å²) in [5, 5.41) is 5.29. The lowest BCUT2D eigenvalue weighted by atomic mass is 9.96. The molecule has 2 aromatic carbocycles. The Morgan fingerprint density at radius 1 is 1.21 bits per heavy atom. The molecule has 1 aliphatic heterocycles. The van der Waals surface area contributed by atoms with Crippen LogP contribution in [0.25, 0.3) is 10.8 Å². The number of nitroso groups, excluding NO2 is 1. The molecule has 0 aliphatic carbocycles. The summed E-state index contributed by atoms with van der Waals surface area (Å²) in [6.07, 6.45) is 4.99. The third kappa shape index (κ3) is 2.17. The van der Waals surface area contributed by atoms with Gasteiger partial charge < -0.3 is 4.74 Å². The van der Waals surface area contributed by atoms with E-state index in [1.54, 1.807) is 6.07 Å². The summed E-state index contributed by atoms with van der Waals surface area (Å²) in [7, 11) is 0. The minimum absolute atomic E-state index is 0.161. The Bertz CT molecular complexity index is 648. The SMILES string of the molecule is C[C@H]1CC=C[C@@H](c2c(N=O)ccc3ccccc23)O1. The molecule has 1 aliphatic rings. The summed E-state index contributed by atoms with van der Waals surface area (Å²) in [4.78, 5) is 11.1. The molecule has 3 rings (SSSR count). The van der Waals surface area contributed by atoms with Gasteiger partial charge in [0.1, 0.15) is 11.8 Å². The number of nitrogens with zero attached hydrogens (tertiary/aromatic N) is 1. The quantitative estimate of drug-likeness (QED) is 0.577. The van der Waals surface area contributed by atoms with E-state index < -0.39 is 0 Å². The maximum atomic E-state index is 11.1. The lowest BCUT2D eigenvalue weighted by Gasteiger charge is -2.25. The topological polar surface area (TPSA) is 38.7 Å². The van der Waals surface area contributed by atoms with Crippen LogP contribution in [-0.4, -0.2) is 6.10 Å². The first-order valence-corrected chi connectivity index (χ1v) is 6.46. The molecule has 3 nitrogen and oxygen atoms in total. The minimum Gasteiger partial charge on any atom is -0.366 e. The van der Waals surface area contributed by atoms with Gasteiger partial charge in [-0.1, -0.05) is 42.5 Å². The first-order chi connectivity index (χ1) is 9.29. The van der Waals surface area contributed by atoms with Crippen molar-refractivity contribution in [3.05, 3.63) is 59.0 Å². The number of ether oxygens (including phenoxy) is 1. The third-order valence-electron chi connectivity index (χ3n) is 3.49. The van der Waals surface area contributed by atoms with Crippen molar-refractivity contribution in [1.82, 2.24) is 0 Å². The molecule has 0 saturated heterocycles. The van der Waals surface area contributed by atoms with Crippen molar-refractivity contribution in [2.75, 3.05) is 0 Å². The second kappa shape index (κ2) is 4.94. The standard InChI is InChI=1S/C16H15NO2/c1-11-5-4-8-15(19-11)16-13-7-3-2-6-12(13)9-10-14(16)17-18/h2-4,6-11,15H,5H2,1H3/t11-,15-/m0/s1. The van der Waals surface area contributed by atoms with Crippen molar-refractivity contribution in [2.24, 2.45) is 5.18 Å². The van der Waals surface area contributed by atoms with Crippen LogP contribution in [0.3, 0.4) is 0 Å². The molecule has 0 fully saturated rings. The first-order valence-electron chi connectivity index (χ1n) is 6.46. The highest BCUT2D eigenvalue weighted by atomic mass is 16.5. The molecule has 0 N–H and O–H groups in total. The van der Waals surface area contributed by atoms with Crippen molar-refractivity contribution in [3.8, 4) is 0 Å². The molecule has 0 aromatic heterocycles. The molecule has 0 bridgehead atoms. The van der Waals surface area contributed by atoms with E-state index in [-0.39, 0.29) is 12.2 Å². The summed E-state index contributed by atoms with van der Waals surface area (Å²) >= 11 is 0. The van der Waals surface area contributed by atoms with Gasteiger partial charge in [0.05, 0.1) is 6.10 Å². The molecule has 0 unspecified atom stereocenters. The van der Waals surface area contributed by atoms with E-state index in [0.29, 0.717) is 5.69 Å². The average Bonchev–Trinajstić information content (AvgIpc) is 2.46. The van der Waals surface area contributed by atoms with Crippen molar-refractivity contribution < 1.29 is 4.74 Å². The Kier molecular flexibility index (Phi) is 3.13. The molecule has 0 spiro atoms. The van der Waals surface area contributed by atoms with Crippen LogP contribution in [0, 0.1) is 4.91 Å². The van der Waals surface area contributed by atoms with Crippen molar-refractivity contribution >= 4 is 16.5 Å². The molecular weight excluding hydrogens is 238 g/mol. The summed E-state index contributed by atoms with van der Waals surface area (Å²) in [6.45, 7) is 2.04. The van der Waals surface area contributed by atoms with E-state index in [9.17, 15) is 4.91 Å². The number of hydrogen-bond donors (Lipinski definition) is 0. The summed E-state index contributed by atoms with van der Waals surface area (Å²) in [5.41, 5.74) is 1.33. The van der Waals surface area contributed by atoms with Crippen LogP contribution in [0.1, 0.15) is 25.0 Å². The zero-order valence-corrected chi connectivity index (χ0v) is 10.7. The molecular formula is C16H15NO2. The van der Waals surface area contributed by atoms with E-state index >= 15 is 0 Å². The van der Waals surface area contributed by atoms with Gasteiger partial charge in [-0.15, -0.1) is 4.91 Å². The molecule has 0 amide bonds. The summed E-state index contributed by atoms with van der Waals surface area (Å²) in [6, 6.07) is 11.7. The average molecular weight is 253 g/mol. The van der Waals surface area contributed by atoms with Gasteiger partial charge in [-0.3, -0.25) is 0 Å². The van der Waals surface area contributed by atoms with Crippen molar-refractivity contribution in [1.29, 1.82) is 0 Å². The van der Waals surface area contributed by atoms with Gasteiger partial charge >= 0.3 is 0 Å². The molecule has 96 valence electrons. The van der Waals surface area contributed by atoms with Crippen LogP contribution in [-0.2, 0) is 4.74 Å². The van der Waals surface area contributed by atoms with Crippen LogP contribution >= 0.6 is 0 Å². The highest BCUT2D eigenvalue weighted by Crippen LogP contribution is 2.37. The Hall–Kier alpha value is -2.00. The highest BCUT2D eigenvalue weighted by molar-refractivity contribution is 5.90. The fourth-order valence-electron chi connectivity index (χ4n) is 2.57. The lowest BCUT2D eigenvalue weighted by molar-refractivity contribution is 0.0175.